The smallest absolute Gasteiger partial charge is 0.252 e. The highest BCUT2D eigenvalue weighted by atomic mass is 127. The van der Waals surface area contributed by atoms with Gasteiger partial charge in [0, 0.05) is 10.1 Å². The fraction of sp³-hybridized carbons (Fsp3) is 0.500. The Hall–Kier alpha value is -0.620. The Morgan fingerprint density at radius 2 is 2.11 bits per heavy atom. The molecule has 0 radical (unpaired) electrons. The van der Waals surface area contributed by atoms with Gasteiger partial charge in [0.1, 0.15) is 0 Å². The molecule has 0 bridgehead atoms. The first-order valence-electron chi connectivity index (χ1n) is 6.36. The van der Waals surface area contributed by atoms with Crippen LogP contribution in [0.4, 0.5) is 0 Å². The average molecular weight is 358 g/mol. The van der Waals surface area contributed by atoms with E-state index in [9.17, 15) is 4.79 Å². The summed E-state index contributed by atoms with van der Waals surface area (Å²) in [6, 6.07) is 5.83. The summed E-state index contributed by atoms with van der Waals surface area (Å²) in [6.07, 6.45) is 4.31. The summed E-state index contributed by atoms with van der Waals surface area (Å²) in [5, 5.41) is 3.16. The molecule has 2 rings (SSSR count). The van der Waals surface area contributed by atoms with Gasteiger partial charge < -0.3 is 11.1 Å². The molecule has 3 nitrogen and oxygen atoms in total. The molecule has 3 N–H and O–H groups in total. The summed E-state index contributed by atoms with van der Waals surface area (Å²) in [6.45, 7) is 2.55. The molecule has 1 fully saturated rings. The van der Waals surface area contributed by atoms with Gasteiger partial charge in [-0.25, -0.2) is 0 Å². The Bertz CT molecular complexity index is 453. The van der Waals surface area contributed by atoms with Gasteiger partial charge in [-0.1, -0.05) is 25.0 Å². The first-order chi connectivity index (χ1) is 8.58. The van der Waals surface area contributed by atoms with Crippen molar-refractivity contribution < 1.29 is 4.79 Å². The summed E-state index contributed by atoms with van der Waals surface area (Å²) in [5.41, 5.74) is 7.57. The molecular formula is C14H19IN2O. The lowest BCUT2D eigenvalue weighted by Crippen LogP contribution is -2.51. The predicted octanol–water partition coefficient (Wildman–Crippen LogP) is 2.60. The van der Waals surface area contributed by atoms with Crippen molar-refractivity contribution in [3.63, 3.8) is 0 Å². The summed E-state index contributed by atoms with van der Waals surface area (Å²) in [5.74, 6) is 0.00968. The van der Waals surface area contributed by atoms with E-state index in [0.717, 1.165) is 40.4 Å². The molecule has 0 unspecified atom stereocenters. The molecule has 0 spiro atoms. The third-order valence-electron chi connectivity index (χ3n) is 3.77. The lowest BCUT2D eigenvalue weighted by Gasteiger charge is -2.29. The van der Waals surface area contributed by atoms with Crippen LogP contribution in [0.5, 0.6) is 0 Å². The monoisotopic (exact) mass is 358 g/mol. The van der Waals surface area contributed by atoms with Crippen LogP contribution in [0.15, 0.2) is 18.2 Å². The van der Waals surface area contributed by atoms with Gasteiger partial charge in [-0.2, -0.15) is 0 Å². The molecule has 0 aromatic heterocycles. The van der Waals surface area contributed by atoms with E-state index in [-0.39, 0.29) is 11.4 Å². The van der Waals surface area contributed by atoms with Gasteiger partial charge in [0.25, 0.3) is 5.91 Å². The van der Waals surface area contributed by atoms with Crippen LogP contribution in [-0.2, 0) is 0 Å². The maximum atomic E-state index is 12.4. The van der Waals surface area contributed by atoms with Gasteiger partial charge >= 0.3 is 0 Å². The van der Waals surface area contributed by atoms with Gasteiger partial charge in [0.05, 0.1) is 11.1 Å². The molecule has 98 valence electrons. The molecule has 0 heterocycles. The van der Waals surface area contributed by atoms with E-state index in [4.69, 9.17) is 5.73 Å². The van der Waals surface area contributed by atoms with E-state index in [1.165, 1.54) is 0 Å². The quantitative estimate of drug-likeness (QED) is 0.817. The number of nitrogens with two attached hydrogens (primary N) is 1. The molecule has 1 aromatic carbocycles. The van der Waals surface area contributed by atoms with Crippen LogP contribution in [0.1, 0.15) is 41.6 Å². The van der Waals surface area contributed by atoms with Gasteiger partial charge in [-0.15, -0.1) is 0 Å². The number of amides is 1. The number of rotatable bonds is 3. The summed E-state index contributed by atoms with van der Waals surface area (Å²) in [4.78, 5) is 12.4. The van der Waals surface area contributed by atoms with Crippen molar-refractivity contribution in [2.24, 2.45) is 5.73 Å². The Balaban J connectivity index is 2.19. The summed E-state index contributed by atoms with van der Waals surface area (Å²) < 4.78 is 1.03. The third kappa shape index (κ3) is 2.69. The Labute approximate surface area is 122 Å². The van der Waals surface area contributed by atoms with Crippen LogP contribution in [0.25, 0.3) is 0 Å². The number of hydrogen-bond donors (Lipinski definition) is 2. The first kappa shape index (κ1) is 13.8. The van der Waals surface area contributed by atoms with E-state index in [1.54, 1.807) is 0 Å². The second-order valence-corrected chi connectivity index (χ2v) is 6.16. The van der Waals surface area contributed by atoms with Crippen LogP contribution >= 0.6 is 22.6 Å². The number of benzene rings is 1. The van der Waals surface area contributed by atoms with Crippen molar-refractivity contribution in [2.75, 3.05) is 6.54 Å². The maximum absolute atomic E-state index is 12.4. The summed E-state index contributed by atoms with van der Waals surface area (Å²) in [7, 11) is 0. The van der Waals surface area contributed by atoms with Crippen LogP contribution in [-0.4, -0.2) is 18.0 Å². The topological polar surface area (TPSA) is 55.1 Å². The molecule has 1 aliphatic rings. The number of carbonyl (C=O) groups is 1. The number of nitrogens with one attached hydrogen (secondary N) is 1. The SMILES string of the molecule is Cc1cccc(C(=O)NC2(CN)CCCC2)c1I. The van der Waals surface area contributed by atoms with Gasteiger partial charge in [0.15, 0.2) is 0 Å². The number of aryl methyl sites for hydroxylation is 1. The standard InChI is InChI=1S/C14H19IN2O/c1-10-5-4-6-11(12(10)15)13(18)17-14(9-16)7-2-3-8-14/h4-6H,2-3,7-9,16H2,1H3,(H,17,18). The second-order valence-electron chi connectivity index (χ2n) is 5.08. The van der Waals surface area contributed by atoms with E-state index >= 15 is 0 Å². The predicted molar refractivity (Wildman–Crippen MR) is 81.6 cm³/mol. The number of hydrogen-bond acceptors (Lipinski definition) is 2. The molecule has 4 heteroatoms. The normalized spacial score (nSPS) is 17.7. The average Bonchev–Trinajstić information content (AvgIpc) is 2.81. The molecule has 18 heavy (non-hydrogen) atoms. The third-order valence-corrected chi connectivity index (χ3v) is 5.20. The highest BCUT2D eigenvalue weighted by molar-refractivity contribution is 14.1. The zero-order valence-corrected chi connectivity index (χ0v) is 12.8. The zero-order chi connectivity index (χ0) is 13.2. The first-order valence-corrected chi connectivity index (χ1v) is 7.43. The minimum atomic E-state index is -0.177. The molecule has 0 aliphatic heterocycles. The van der Waals surface area contributed by atoms with E-state index in [0.29, 0.717) is 6.54 Å². The molecule has 1 aromatic rings. The number of carbonyl (C=O) groups excluding carboxylic acids is 1. The van der Waals surface area contributed by atoms with Crippen molar-refractivity contribution in [3.8, 4) is 0 Å². The minimum Gasteiger partial charge on any atom is -0.345 e. The van der Waals surface area contributed by atoms with E-state index in [1.807, 2.05) is 25.1 Å². The van der Waals surface area contributed by atoms with Crippen molar-refractivity contribution in [1.82, 2.24) is 5.32 Å². The van der Waals surface area contributed by atoms with Crippen molar-refractivity contribution >= 4 is 28.5 Å². The maximum Gasteiger partial charge on any atom is 0.252 e. The minimum absolute atomic E-state index is 0.00968. The van der Waals surface area contributed by atoms with Crippen LogP contribution in [0.2, 0.25) is 0 Å². The Morgan fingerprint density at radius 1 is 1.44 bits per heavy atom. The molecule has 0 atom stereocenters. The lowest BCUT2D eigenvalue weighted by molar-refractivity contribution is 0.0902. The number of halogens is 1. The van der Waals surface area contributed by atoms with Crippen LogP contribution in [0, 0.1) is 10.5 Å². The van der Waals surface area contributed by atoms with Crippen LogP contribution < -0.4 is 11.1 Å². The molecule has 0 saturated heterocycles. The van der Waals surface area contributed by atoms with Gasteiger partial charge in [-0.3, -0.25) is 4.79 Å². The second kappa shape index (κ2) is 5.57. The van der Waals surface area contributed by atoms with Gasteiger partial charge in [-0.05, 0) is 54.0 Å². The fourth-order valence-electron chi connectivity index (χ4n) is 2.56. The molecular weight excluding hydrogens is 339 g/mol. The molecule has 1 amide bonds. The molecule has 1 saturated carbocycles. The van der Waals surface area contributed by atoms with Crippen molar-refractivity contribution in [1.29, 1.82) is 0 Å². The molecule has 1 aliphatic carbocycles. The lowest BCUT2D eigenvalue weighted by atomic mass is 9.97. The van der Waals surface area contributed by atoms with Gasteiger partial charge in [0.2, 0.25) is 0 Å². The Kier molecular flexibility index (Phi) is 4.27. The van der Waals surface area contributed by atoms with Crippen molar-refractivity contribution in [2.45, 2.75) is 38.1 Å². The van der Waals surface area contributed by atoms with Crippen molar-refractivity contribution in [3.05, 3.63) is 32.9 Å². The largest absolute Gasteiger partial charge is 0.345 e. The highest BCUT2D eigenvalue weighted by Gasteiger charge is 2.34. The van der Waals surface area contributed by atoms with E-state index < -0.39 is 0 Å². The highest BCUT2D eigenvalue weighted by Crippen LogP contribution is 2.29. The zero-order valence-electron chi connectivity index (χ0n) is 10.6. The van der Waals surface area contributed by atoms with E-state index in [2.05, 4.69) is 27.9 Å². The fourth-order valence-corrected chi connectivity index (χ4v) is 3.17. The van der Waals surface area contributed by atoms with Crippen LogP contribution in [0.3, 0.4) is 0 Å². The Morgan fingerprint density at radius 3 is 2.72 bits per heavy atom. The summed E-state index contributed by atoms with van der Waals surface area (Å²) >= 11 is 2.23.